The summed E-state index contributed by atoms with van der Waals surface area (Å²) in [5, 5.41) is 104. The van der Waals surface area contributed by atoms with Crippen LogP contribution in [0.25, 0.3) is 0 Å². The third-order valence-corrected chi connectivity index (χ3v) is 12.2. The molecule has 0 aliphatic rings. The molecular weight excluding hydrogens is 1630 g/mol. The number of nitrogens with zero attached hydrogens (tertiary/aromatic N) is 7. The Morgan fingerprint density at radius 3 is 0.378 bits per heavy atom. The Kier molecular flexibility index (Phi) is 57.5. The van der Waals surface area contributed by atoms with Crippen LogP contribution < -0.4 is 37.2 Å². The quantitative estimate of drug-likeness (QED) is 0.0297. The number of hydrogen-bond donors (Lipinski definition) is 18. The van der Waals surface area contributed by atoms with Gasteiger partial charge in [-0.2, -0.15) is 52.7 Å². The Hall–Kier alpha value is -14.0. The molecule has 0 saturated carbocycles. The lowest BCUT2D eigenvalue weighted by Gasteiger charge is -2.09. The van der Waals surface area contributed by atoms with E-state index in [4.69, 9.17) is 75.3 Å². The monoisotopic (exact) mass is 1720 g/mol. The van der Waals surface area contributed by atoms with Crippen LogP contribution in [0, 0.1) is 0 Å². The molecule has 0 aliphatic heterocycles. The molecule has 7 rings (SSSR count). The van der Waals surface area contributed by atoms with Crippen LogP contribution in [-0.4, -0.2) is 225 Å². The molecule has 7 aromatic rings. The van der Waals surface area contributed by atoms with Crippen LogP contribution in [0.5, 0.6) is 0 Å². The van der Waals surface area contributed by atoms with Crippen LogP contribution in [0.2, 0.25) is 0 Å². The molecule has 36 nitrogen and oxygen atoms in total. The van der Waals surface area contributed by atoms with Crippen molar-refractivity contribution in [2.75, 3.05) is 0 Å². The second kappa shape index (κ2) is 61.4. The second-order valence-electron chi connectivity index (χ2n) is 23.3. The minimum Gasteiger partial charge on any atom is -0.475 e. The molecule has 48 heteroatoms. The fourth-order valence-electron chi connectivity index (χ4n) is 7.66. The summed E-state index contributed by atoms with van der Waals surface area (Å²) < 4.78 is 127. The van der Waals surface area contributed by atoms with E-state index in [1.54, 1.807) is 43.4 Å². The number of rotatable bonds is 21. The molecule has 0 spiro atoms. The maximum Gasteiger partial charge on any atom is 0.490 e. The first-order valence-corrected chi connectivity index (χ1v) is 33.5. The molecule has 0 aromatic carbocycles. The number of halogens is 12. The Morgan fingerprint density at radius 2 is 0.319 bits per heavy atom. The molecule has 7 amide bonds. The van der Waals surface area contributed by atoms with Crippen LogP contribution in [0.1, 0.15) is 88.3 Å². The smallest absolute Gasteiger partial charge is 0.475 e. The van der Waals surface area contributed by atoms with E-state index >= 15 is 0 Å². The number of nitrogens with one attached hydrogen (secondary N) is 7. The van der Waals surface area contributed by atoms with Crippen LogP contribution in [0.15, 0.2) is 171 Å². The number of aliphatic carboxylic acids is 4. The summed E-state index contributed by atoms with van der Waals surface area (Å²) >= 11 is 0. The Morgan fingerprint density at radius 1 is 0.227 bits per heavy atom. The lowest BCUT2D eigenvalue weighted by Crippen LogP contribution is -2.32. The number of carboxylic acid groups (broad SMARTS) is 11. The van der Waals surface area contributed by atoms with Crippen molar-refractivity contribution >= 4 is 66.5 Å². The normalized spacial score (nSPS) is 11.9. The van der Waals surface area contributed by atoms with Gasteiger partial charge in [0.2, 0.25) is 0 Å². The molecule has 7 aromatic heterocycles. The van der Waals surface area contributed by atoms with Crippen LogP contribution in [-0.2, 0) is 64.1 Å². The molecule has 18 N–H and O–H groups in total. The summed E-state index contributed by atoms with van der Waals surface area (Å²) in [6.07, 6.45) is -11.1. The standard InChI is InChI=1S/7C9H12N2O2.4C2HF3O2/c7*1-7(11-9(12)13)6-8-4-2-3-5-10-8;4*3-2(4,5)1(6)7/h7*2-5,7,11H,6H2,1H3,(H,12,13);4*(H,6,7)/t7*7-;;;;/m1111111..../s1. The van der Waals surface area contributed by atoms with E-state index in [0.29, 0.717) is 44.9 Å². The molecule has 0 unspecified atom stereocenters. The van der Waals surface area contributed by atoms with Crippen LogP contribution >= 0.6 is 0 Å². The number of carboxylic acids is 4. The highest BCUT2D eigenvalue weighted by Crippen LogP contribution is 2.16. The fourth-order valence-corrected chi connectivity index (χ4v) is 7.66. The minimum atomic E-state index is -5.08. The van der Waals surface area contributed by atoms with Gasteiger partial charge in [0.25, 0.3) is 0 Å². The first-order chi connectivity index (χ1) is 55.0. The molecule has 119 heavy (non-hydrogen) atoms. The molecule has 0 radical (unpaired) electrons. The van der Waals surface area contributed by atoms with Gasteiger partial charge in [-0.1, -0.05) is 42.5 Å². The molecule has 7 heterocycles. The molecule has 0 aliphatic carbocycles. The van der Waals surface area contributed by atoms with Gasteiger partial charge in [-0.05, 0) is 133 Å². The van der Waals surface area contributed by atoms with Crippen molar-refractivity contribution in [2.24, 2.45) is 0 Å². The molecule has 0 bridgehead atoms. The van der Waals surface area contributed by atoms with Crippen molar-refractivity contribution in [1.82, 2.24) is 72.1 Å². The van der Waals surface area contributed by atoms with Gasteiger partial charge < -0.3 is 93.4 Å². The van der Waals surface area contributed by atoms with Crippen molar-refractivity contribution in [3.8, 4) is 0 Å². The highest BCUT2D eigenvalue weighted by molar-refractivity contribution is 5.74. The van der Waals surface area contributed by atoms with Gasteiger partial charge in [-0.15, -0.1) is 0 Å². The summed E-state index contributed by atoms with van der Waals surface area (Å²) in [5.74, 6) is -11.0. The number of aromatic nitrogens is 7. The largest absolute Gasteiger partial charge is 0.490 e. The SMILES string of the molecule is C[C@H](Cc1ccccn1)NC(=O)O.C[C@H](Cc1ccccn1)NC(=O)O.C[C@H](Cc1ccccn1)NC(=O)O.C[C@H](Cc1ccccn1)NC(=O)O.C[C@H](Cc1ccccn1)NC(=O)O.C[C@H](Cc1ccccn1)NC(=O)O.C[C@H](Cc1ccccn1)NC(=O)O.O=C(O)C(F)(F)F.O=C(O)C(F)(F)F.O=C(O)C(F)(F)F.O=C(O)C(F)(F)F. The highest BCUT2D eigenvalue weighted by Gasteiger charge is 2.40. The van der Waals surface area contributed by atoms with Gasteiger partial charge in [0.1, 0.15) is 0 Å². The van der Waals surface area contributed by atoms with E-state index in [2.05, 4.69) is 72.1 Å². The van der Waals surface area contributed by atoms with E-state index in [9.17, 15) is 86.2 Å². The van der Waals surface area contributed by atoms with Crippen molar-refractivity contribution in [3.63, 3.8) is 0 Å². The molecule has 658 valence electrons. The van der Waals surface area contributed by atoms with E-state index in [1.165, 1.54) is 0 Å². The van der Waals surface area contributed by atoms with E-state index in [-0.39, 0.29) is 42.3 Å². The summed E-state index contributed by atoms with van der Waals surface area (Å²) in [4.78, 5) is 136. The number of alkyl halides is 12. The van der Waals surface area contributed by atoms with Crippen LogP contribution in [0.3, 0.4) is 0 Å². The minimum absolute atomic E-state index is 0.104. The molecule has 7 atom stereocenters. The van der Waals surface area contributed by atoms with E-state index in [0.717, 1.165) is 39.9 Å². The zero-order valence-corrected chi connectivity index (χ0v) is 63.7. The second-order valence-corrected chi connectivity index (χ2v) is 23.3. The van der Waals surface area contributed by atoms with Crippen molar-refractivity contribution in [2.45, 2.75) is 160 Å². The molecular formula is C71H88F12N14O22. The lowest BCUT2D eigenvalue weighted by molar-refractivity contribution is -0.193. The maximum absolute atomic E-state index is 10.6. The van der Waals surface area contributed by atoms with E-state index in [1.807, 2.05) is 176 Å². The number of amides is 7. The van der Waals surface area contributed by atoms with Gasteiger partial charge >= 0.3 is 91.2 Å². The predicted molar refractivity (Wildman–Crippen MR) is 395 cm³/mol. The Balaban J connectivity index is -0.000000617. The average Bonchev–Trinajstić information content (AvgIpc) is 0.946. The third kappa shape index (κ3) is 72.7. The van der Waals surface area contributed by atoms with Gasteiger partial charge in [0.15, 0.2) is 0 Å². The maximum atomic E-state index is 10.6. The Labute approximate surface area is 669 Å². The Bertz CT molecular complexity index is 3330. The predicted octanol–water partition coefficient (Wildman–Crippen LogP) is 11.5. The van der Waals surface area contributed by atoms with E-state index < -0.39 is 91.2 Å². The first kappa shape index (κ1) is 111. The van der Waals surface area contributed by atoms with Crippen molar-refractivity contribution in [3.05, 3.63) is 211 Å². The zero-order chi connectivity index (χ0) is 92.1. The highest BCUT2D eigenvalue weighted by atomic mass is 19.4. The van der Waals surface area contributed by atoms with Gasteiger partial charge in [-0.25, -0.2) is 52.7 Å². The molecule has 0 fully saturated rings. The van der Waals surface area contributed by atoms with Gasteiger partial charge in [0, 0.05) is 170 Å². The fraction of sp³-hybridized carbons (Fsp3) is 0.352. The number of hydrogen-bond acceptors (Lipinski definition) is 18. The topological polar surface area (TPSA) is 585 Å². The van der Waals surface area contributed by atoms with Crippen LogP contribution in [0.4, 0.5) is 86.2 Å². The summed E-state index contributed by atoms with van der Waals surface area (Å²) in [6.45, 7) is 12.7. The summed E-state index contributed by atoms with van der Waals surface area (Å²) in [7, 11) is 0. The van der Waals surface area contributed by atoms with Gasteiger partial charge in [-0.3, -0.25) is 34.9 Å². The van der Waals surface area contributed by atoms with Gasteiger partial charge in [0.05, 0.1) is 0 Å². The number of carbonyl (C=O) groups is 11. The third-order valence-electron chi connectivity index (χ3n) is 12.2. The van der Waals surface area contributed by atoms with Crippen molar-refractivity contribution in [1.29, 1.82) is 0 Å². The summed E-state index contributed by atoms with van der Waals surface area (Å²) in [6, 6.07) is 38.4. The first-order valence-electron chi connectivity index (χ1n) is 33.5. The summed E-state index contributed by atoms with van der Waals surface area (Å²) in [5.41, 5.74) is 6.25. The zero-order valence-electron chi connectivity index (χ0n) is 63.7. The number of pyridine rings is 7. The average molecular weight is 1720 g/mol. The molecule has 0 saturated heterocycles. The lowest BCUT2D eigenvalue weighted by atomic mass is 10.2. The van der Waals surface area contributed by atoms with Crippen molar-refractivity contribution < 1.29 is 162 Å².